The highest BCUT2D eigenvalue weighted by Gasteiger charge is 2.23. The summed E-state index contributed by atoms with van der Waals surface area (Å²) < 4.78 is 18.6. The standard InChI is InChI=1S/C26H30FN5O3/c1-32(19-13-11-18(27)12-14-19)24(29)22(25(30)33)23(28)17-9-7-16(8-10-17)15-31-26(34)20-5-3-4-6-21(20)35-2/h3,5,7-14,23H,4,6,15,28-29H2,1-2H3,(H2,30,33)(H,31,34)/b24-22+. The van der Waals surface area contributed by atoms with Crippen molar-refractivity contribution in [3.63, 3.8) is 0 Å². The first-order chi connectivity index (χ1) is 16.7. The molecule has 1 atom stereocenters. The molecule has 184 valence electrons. The van der Waals surface area contributed by atoms with Crippen molar-refractivity contribution in [3.8, 4) is 0 Å². The van der Waals surface area contributed by atoms with Crippen molar-refractivity contribution in [2.45, 2.75) is 25.4 Å². The topological polar surface area (TPSA) is 137 Å². The van der Waals surface area contributed by atoms with Gasteiger partial charge in [0.25, 0.3) is 5.91 Å². The third kappa shape index (κ3) is 6.07. The molecule has 2 aromatic carbocycles. The number of carbonyl (C=O) groups excluding carboxylic acids is 2. The highest BCUT2D eigenvalue weighted by molar-refractivity contribution is 5.97. The van der Waals surface area contributed by atoms with Gasteiger partial charge >= 0.3 is 0 Å². The molecule has 1 unspecified atom stereocenters. The maximum Gasteiger partial charge on any atom is 0.254 e. The summed E-state index contributed by atoms with van der Waals surface area (Å²) in [5.41, 5.74) is 20.8. The molecule has 2 amide bonds. The Morgan fingerprint density at radius 3 is 2.37 bits per heavy atom. The van der Waals surface area contributed by atoms with E-state index in [-0.39, 0.29) is 23.1 Å². The number of hydrogen-bond donors (Lipinski definition) is 4. The Morgan fingerprint density at radius 1 is 1.11 bits per heavy atom. The Labute approximate surface area is 203 Å². The van der Waals surface area contributed by atoms with Crippen LogP contribution >= 0.6 is 0 Å². The SMILES string of the molecule is COC1=C(C(=O)NCc2ccc(C(N)/C(C(N)=O)=C(/N)N(C)c3ccc(F)cc3)cc2)C=CCC1. The van der Waals surface area contributed by atoms with Crippen LogP contribution in [0.5, 0.6) is 0 Å². The Hall–Kier alpha value is -4.11. The maximum absolute atomic E-state index is 13.3. The second-order valence-corrected chi connectivity index (χ2v) is 8.08. The van der Waals surface area contributed by atoms with Gasteiger partial charge in [-0.15, -0.1) is 0 Å². The molecule has 1 aliphatic rings. The molecular weight excluding hydrogens is 449 g/mol. The Balaban J connectivity index is 1.74. The minimum absolute atomic E-state index is 0.0287. The van der Waals surface area contributed by atoms with Crippen LogP contribution in [0.15, 0.2) is 83.4 Å². The third-order valence-electron chi connectivity index (χ3n) is 5.83. The van der Waals surface area contributed by atoms with Crippen LogP contribution in [0.1, 0.15) is 30.0 Å². The van der Waals surface area contributed by atoms with Crippen LogP contribution in [0.4, 0.5) is 10.1 Å². The van der Waals surface area contributed by atoms with Gasteiger partial charge < -0.3 is 32.2 Å². The molecular formula is C26H30FN5O3. The van der Waals surface area contributed by atoms with Crippen LogP contribution in [-0.2, 0) is 20.9 Å². The maximum atomic E-state index is 13.3. The Morgan fingerprint density at radius 2 is 1.77 bits per heavy atom. The molecule has 0 bridgehead atoms. The number of allylic oxidation sites excluding steroid dienone is 2. The van der Waals surface area contributed by atoms with E-state index in [1.807, 2.05) is 6.08 Å². The largest absolute Gasteiger partial charge is 0.500 e. The van der Waals surface area contributed by atoms with Crippen LogP contribution in [0.3, 0.4) is 0 Å². The number of primary amides is 1. The number of methoxy groups -OCH3 is 1. The molecule has 0 spiro atoms. The van der Waals surface area contributed by atoms with Crippen LogP contribution in [0.25, 0.3) is 0 Å². The fraction of sp³-hybridized carbons (Fsp3) is 0.231. The Kier molecular flexibility index (Phi) is 8.27. The van der Waals surface area contributed by atoms with E-state index >= 15 is 0 Å². The molecule has 0 heterocycles. The molecule has 0 aliphatic heterocycles. The van der Waals surface area contributed by atoms with Crippen molar-refractivity contribution in [2.75, 3.05) is 19.1 Å². The number of amides is 2. The van der Waals surface area contributed by atoms with Gasteiger partial charge in [-0.05, 0) is 41.8 Å². The fourth-order valence-electron chi connectivity index (χ4n) is 3.77. The number of nitrogens with one attached hydrogen (secondary N) is 1. The second kappa shape index (κ2) is 11.3. The zero-order valence-corrected chi connectivity index (χ0v) is 19.8. The van der Waals surface area contributed by atoms with Gasteiger partial charge in [0, 0.05) is 25.7 Å². The van der Waals surface area contributed by atoms with Crippen LogP contribution < -0.4 is 27.4 Å². The molecule has 7 N–H and O–H groups in total. The van der Waals surface area contributed by atoms with Gasteiger partial charge in [0.05, 0.1) is 24.3 Å². The van der Waals surface area contributed by atoms with Crippen molar-refractivity contribution in [3.05, 3.63) is 100 Å². The number of anilines is 1. The zero-order chi connectivity index (χ0) is 25.5. The van der Waals surface area contributed by atoms with Gasteiger partial charge in [0.1, 0.15) is 17.4 Å². The zero-order valence-electron chi connectivity index (χ0n) is 19.8. The first-order valence-corrected chi connectivity index (χ1v) is 11.1. The number of carbonyl (C=O) groups is 2. The second-order valence-electron chi connectivity index (χ2n) is 8.08. The lowest BCUT2D eigenvalue weighted by atomic mass is 9.97. The summed E-state index contributed by atoms with van der Waals surface area (Å²) in [6.45, 7) is 0.302. The van der Waals surface area contributed by atoms with E-state index in [9.17, 15) is 14.0 Å². The first-order valence-electron chi connectivity index (χ1n) is 11.1. The number of ether oxygens (including phenoxy) is 1. The molecule has 9 heteroatoms. The third-order valence-corrected chi connectivity index (χ3v) is 5.83. The van der Waals surface area contributed by atoms with E-state index in [4.69, 9.17) is 21.9 Å². The van der Waals surface area contributed by atoms with E-state index in [1.54, 1.807) is 44.5 Å². The molecule has 0 saturated carbocycles. The molecule has 0 saturated heterocycles. The van der Waals surface area contributed by atoms with E-state index in [0.29, 0.717) is 35.5 Å². The lowest BCUT2D eigenvalue weighted by Crippen LogP contribution is -2.34. The smallest absolute Gasteiger partial charge is 0.254 e. The predicted octanol–water partition coefficient (Wildman–Crippen LogP) is 2.48. The molecule has 1 aliphatic carbocycles. The van der Waals surface area contributed by atoms with Crippen LogP contribution in [-0.4, -0.2) is 26.0 Å². The highest BCUT2D eigenvalue weighted by Crippen LogP contribution is 2.25. The number of rotatable bonds is 9. The van der Waals surface area contributed by atoms with E-state index in [0.717, 1.165) is 12.0 Å². The molecule has 3 rings (SSSR count). The lowest BCUT2D eigenvalue weighted by Gasteiger charge is -2.25. The van der Waals surface area contributed by atoms with E-state index < -0.39 is 11.9 Å². The van der Waals surface area contributed by atoms with Gasteiger partial charge in [-0.25, -0.2) is 4.39 Å². The molecule has 0 aromatic heterocycles. The molecule has 2 aromatic rings. The van der Waals surface area contributed by atoms with Crippen LogP contribution in [0, 0.1) is 5.82 Å². The molecule has 35 heavy (non-hydrogen) atoms. The summed E-state index contributed by atoms with van der Waals surface area (Å²) in [5, 5.41) is 2.88. The Bertz CT molecular complexity index is 1170. The number of halogens is 1. The van der Waals surface area contributed by atoms with Crippen molar-refractivity contribution in [1.82, 2.24) is 5.32 Å². The van der Waals surface area contributed by atoms with Crippen molar-refractivity contribution < 1.29 is 18.7 Å². The van der Waals surface area contributed by atoms with Crippen molar-refractivity contribution in [1.29, 1.82) is 0 Å². The van der Waals surface area contributed by atoms with Gasteiger partial charge in [0.2, 0.25) is 5.91 Å². The normalized spacial score (nSPS) is 14.7. The number of nitrogens with zero attached hydrogens (tertiary/aromatic N) is 1. The molecule has 0 radical (unpaired) electrons. The van der Waals surface area contributed by atoms with Gasteiger partial charge in [-0.1, -0.05) is 36.4 Å². The summed E-state index contributed by atoms with van der Waals surface area (Å²) in [7, 11) is 3.19. The molecule has 0 fully saturated rings. The predicted molar refractivity (Wildman–Crippen MR) is 133 cm³/mol. The van der Waals surface area contributed by atoms with Crippen LogP contribution in [0.2, 0.25) is 0 Å². The minimum Gasteiger partial charge on any atom is -0.500 e. The quantitative estimate of drug-likeness (QED) is 0.408. The number of benzene rings is 2. The van der Waals surface area contributed by atoms with Crippen molar-refractivity contribution >= 4 is 17.5 Å². The summed E-state index contributed by atoms with van der Waals surface area (Å²) in [5.74, 6) is -0.632. The fourth-order valence-corrected chi connectivity index (χ4v) is 3.77. The first kappa shape index (κ1) is 25.5. The number of hydrogen-bond acceptors (Lipinski definition) is 6. The van der Waals surface area contributed by atoms with Gasteiger partial charge in [-0.3, -0.25) is 9.59 Å². The van der Waals surface area contributed by atoms with E-state index in [2.05, 4.69) is 5.32 Å². The molecule has 8 nitrogen and oxygen atoms in total. The van der Waals surface area contributed by atoms with Gasteiger partial charge in [0.15, 0.2) is 0 Å². The average Bonchev–Trinajstić information content (AvgIpc) is 2.87. The average molecular weight is 480 g/mol. The van der Waals surface area contributed by atoms with Gasteiger partial charge in [-0.2, -0.15) is 0 Å². The summed E-state index contributed by atoms with van der Waals surface area (Å²) >= 11 is 0. The van der Waals surface area contributed by atoms with E-state index in [1.165, 1.54) is 29.2 Å². The number of nitrogens with two attached hydrogens (primary N) is 3. The summed E-state index contributed by atoms with van der Waals surface area (Å²) in [6.07, 6.45) is 5.24. The minimum atomic E-state index is -0.888. The lowest BCUT2D eigenvalue weighted by molar-refractivity contribution is -0.117. The summed E-state index contributed by atoms with van der Waals surface area (Å²) in [6, 6.07) is 11.9. The highest BCUT2D eigenvalue weighted by atomic mass is 19.1. The summed E-state index contributed by atoms with van der Waals surface area (Å²) in [4.78, 5) is 26.3. The monoisotopic (exact) mass is 479 g/mol. The van der Waals surface area contributed by atoms with Crippen molar-refractivity contribution in [2.24, 2.45) is 17.2 Å².